The second-order valence-corrected chi connectivity index (χ2v) is 16.4. The van der Waals surface area contributed by atoms with Crippen LogP contribution < -0.4 is 29.6 Å². The second-order valence-electron chi connectivity index (χ2n) is 16.4. The van der Waals surface area contributed by atoms with Crippen LogP contribution in [0.15, 0.2) is 66.7 Å². The van der Waals surface area contributed by atoms with Gasteiger partial charge in [-0.15, -0.1) is 24.0 Å². The predicted octanol–water partition coefficient (Wildman–Crippen LogP) is 9.86. The fourth-order valence-electron chi connectivity index (χ4n) is 4.72. The molecule has 1 aliphatic heterocycles. The Bertz CT molecular complexity index is 1690. The molecule has 4 aromatic carbocycles. The first kappa shape index (κ1) is 67.9. The number of aromatic hydroxyl groups is 5. The number of phenols is 5. The summed E-state index contributed by atoms with van der Waals surface area (Å²) in [6.45, 7) is 28.3. The van der Waals surface area contributed by atoms with Crippen LogP contribution in [-0.4, -0.2) is 61.0 Å². The van der Waals surface area contributed by atoms with Gasteiger partial charge in [-0.05, 0) is 120 Å². The standard InChI is InChI=1S/C12H16O2.C11H16O2.C11H16O.C7H8O.C4H8O.2CH4.HI.Na.H2O2.H2O/c1-8-5-10(12(2,3)4)6-9(7-13)11(8)14;1-7-5-8(11(2,3)4)6-9(12)10(7)13;1-8-7-9(11(2,3)4)5-6-10(8)12;1-6-4-2-3-5-7(6)8;1-2-4-5-3-1;;;;;1-2;/h5-7,14H,1-4H3;5-6,12-13H,1-4H3;5-7,12H,1-4H3;2-5,8H,1H3;1-4H2;2*1H4;1H;;1-2H;1H2/q;;;;;;;;+1;;. The second kappa shape index (κ2) is 31.9. The zero-order valence-corrected chi connectivity index (χ0v) is 40.9. The first-order chi connectivity index (χ1) is 24.9. The van der Waals surface area contributed by atoms with Crippen LogP contribution >= 0.6 is 24.0 Å². The molecular weight excluding hydrogens is 874 g/mol. The van der Waals surface area contributed by atoms with Crippen molar-refractivity contribution in [1.29, 1.82) is 0 Å². The third-order valence-electron chi connectivity index (χ3n) is 8.47. The molecule has 59 heavy (non-hydrogen) atoms. The number of benzene rings is 4. The molecule has 1 heterocycles. The zero-order chi connectivity index (χ0) is 42.0. The van der Waals surface area contributed by atoms with Gasteiger partial charge in [0.2, 0.25) is 0 Å². The van der Waals surface area contributed by atoms with Crippen LogP contribution in [0.1, 0.15) is 141 Å². The number of aryl methyl sites for hydroxylation is 4. The summed E-state index contributed by atoms with van der Waals surface area (Å²) in [5.74, 6) is 0.779. The quantitative estimate of drug-likeness (QED) is 0.0241. The molecule has 12 heteroatoms. The minimum Gasteiger partial charge on any atom is -0.870 e. The van der Waals surface area contributed by atoms with E-state index in [4.69, 9.17) is 20.4 Å². The van der Waals surface area contributed by atoms with Crippen LogP contribution in [0.3, 0.4) is 0 Å². The molecule has 0 atom stereocenters. The van der Waals surface area contributed by atoms with Gasteiger partial charge in [0.1, 0.15) is 17.2 Å². The van der Waals surface area contributed by atoms with E-state index in [0.29, 0.717) is 28.9 Å². The van der Waals surface area contributed by atoms with Crippen molar-refractivity contribution < 1.29 is 82.0 Å². The van der Waals surface area contributed by atoms with E-state index in [1.54, 1.807) is 38.1 Å². The maximum Gasteiger partial charge on any atom is 1.00 e. The molecular formula is C47H77INaO10+. The Hall–Kier alpha value is -2.88. The molecule has 10 nitrogen and oxygen atoms in total. The first-order valence-corrected chi connectivity index (χ1v) is 18.0. The van der Waals surface area contributed by atoms with E-state index in [9.17, 15) is 25.2 Å². The van der Waals surface area contributed by atoms with Crippen molar-refractivity contribution >= 4 is 30.3 Å². The van der Waals surface area contributed by atoms with Gasteiger partial charge in [0.25, 0.3) is 0 Å². The van der Waals surface area contributed by atoms with Crippen LogP contribution in [-0.2, 0) is 21.0 Å². The normalized spacial score (nSPS) is 11.0. The van der Waals surface area contributed by atoms with Gasteiger partial charge in [0, 0.05) is 13.2 Å². The third-order valence-corrected chi connectivity index (χ3v) is 8.47. The van der Waals surface area contributed by atoms with E-state index < -0.39 is 0 Å². The number of aldehydes is 1. The van der Waals surface area contributed by atoms with Gasteiger partial charge in [-0.25, -0.2) is 0 Å². The van der Waals surface area contributed by atoms with Crippen molar-refractivity contribution in [3.8, 4) is 28.7 Å². The van der Waals surface area contributed by atoms with Crippen LogP contribution in [0.2, 0.25) is 0 Å². The minimum atomic E-state index is -0.0371. The maximum absolute atomic E-state index is 10.7. The van der Waals surface area contributed by atoms with Crippen molar-refractivity contribution in [3.05, 3.63) is 111 Å². The number of hydrogen-bond acceptors (Lipinski definition) is 10. The van der Waals surface area contributed by atoms with Crippen molar-refractivity contribution in [2.75, 3.05) is 13.2 Å². The van der Waals surface area contributed by atoms with Crippen molar-refractivity contribution in [3.63, 3.8) is 0 Å². The van der Waals surface area contributed by atoms with Crippen LogP contribution in [0.4, 0.5) is 0 Å². The molecule has 0 aliphatic carbocycles. The molecule has 1 fully saturated rings. The Morgan fingerprint density at radius 1 is 0.542 bits per heavy atom. The van der Waals surface area contributed by atoms with Gasteiger partial charge in [0.05, 0.1) is 5.56 Å². The van der Waals surface area contributed by atoms with E-state index in [0.717, 1.165) is 41.0 Å². The molecule has 0 radical (unpaired) electrons. The number of hydrogen-bond donors (Lipinski definition) is 7. The third kappa shape index (κ3) is 25.5. The van der Waals surface area contributed by atoms with Gasteiger partial charge >= 0.3 is 31.0 Å². The topological polar surface area (TPSA) is 198 Å². The molecule has 0 saturated carbocycles. The summed E-state index contributed by atoms with van der Waals surface area (Å²) >= 11 is 0. The Morgan fingerprint density at radius 2 is 0.932 bits per heavy atom. The summed E-state index contributed by atoms with van der Waals surface area (Å²) in [7, 11) is 0. The summed E-state index contributed by atoms with van der Waals surface area (Å²) in [5.41, 5.74) is 7.22. The van der Waals surface area contributed by atoms with Gasteiger partial charge in [-0.2, -0.15) is 0 Å². The first-order valence-electron chi connectivity index (χ1n) is 18.0. The summed E-state index contributed by atoms with van der Waals surface area (Å²) in [6.07, 6.45) is 3.25. The SMILES string of the molecule is C.C.C1CCOC1.Cc1cc(C(C)(C)C)cc(C=O)c1O.Cc1cc(C(C)(C)C)cc(O)c1O.Cc1cc(C(C)(C)C)ccc1O.Cc1ccccc1O.I.OO.[H+].[Na+].[OH-]. The average Bonchev–Trinajstić information content (AvgIpc) is 3.68. The van der Waals surface area contributed by atoms with Gasteiger partial charge in [-0.1, -0.05) is 120 Å². The molecule has 0 bridgehead atoms. The van der Waals surface area contributed by atoms with Crippen molar-refractivity contribution in [2.45, 2.75) is 134 Å². The number of phenolic OH excluding ortho intramolecular Hbond substituents is 5. The summed E-state index contributed by atoms with van der Waals surface area (Å²) < 4.78 is 4.94. The largest absolute Gasteiger partial charge is 1.00 e. The Labute approximate surface area is 396 Å². The Morgan fingerprint density at radius 3 is 1.25 bits per heavy atom. The number of halogens is 1. The molecule has 1 saturated heterocycles. The molecule has 0 spiro atoms. The number of ether oxygens (including phenoxy) is 1. The molecule has 5 rings (SSSR count). The number of carbonyl (C=O) groups is 1. The van der Waals surface area contributed by atoms with E-state index in [1.807, 2.05) is 56.3 Å². The monoisotopic (exact) mass is 951 g/mol. The van der Waals surface area contributed by atoms with E-state index in [1.165, 1.54) is 18.4 Å². The summed E-state index contributed by atoms with van der Waals surface area (Å²) in [6, 6.07) is 20.2. The predicted molar refractivity (Wildman–Crippen MR) is 252 cm³/mol. The van der Waals surface area contributed by atoms with Gasteiger partial charge in [0.15, 0.2) is 17.8 Å². The van der Waals surface area contributed by atoms with Gasteiger partial charge in [-0.3, -0.25) is 15.3 Å². The van der Waals surface area contributed by atoms with Crippen LogP contribution in [0.5, 0.6) is 28.7 Å². The molecule has 0 amide bonds. The number of carbonyl (C=O) groups excluding carboxylic acids is 1. The zero-order valence-electron chi connectivity index (χ0n) is 37.6. The fraction of sp³-hybridized carbons (Fsp3) is 0.468. The molecule has 1 aliphatic rings. The number of rotatable bonds is 1. The smallest absolute Gasteiger partial charge is 0.870 e. The maximum atomic E-state index is 10.7. The fourth-order valence-corrected chi connectivity index (χ4v) is 4.72. The molecule has 8 N–H and O–H groups in total. The van der Waals surface area contributed by atoms with E-state index >= 15 is 0 Å². The van der Waals surface area contributed by atoms with Crippen molar-refractivity contribution in [2.24, 2.45) is 0 Å². The molecule has 4 aromatic rings. The average molecular weight is 952 g/mol. The Kier molecular flexibility index (Phi) is 36.7. The molecule has 332 valence electrons. The molecule has 0 aromatic heterocycles. The molecule has 0 unspecified atom stereocenters. The number of para-hydroxylation sites is 1. The van der Waals surface area contributed by atoms with Crippen molar-refractivity contribution in [1.82, 2.24) is 0 Å². The van der Waals surface area contributed by atoms with Crippen LogP contribution in [0, 0.1) is 27.7 Å². The van der Waals surface area contributed by atoms with E-state index in [-0.39, 0.29) is 109 Å². The summed E-state index contributed by atoms with van der Waals surface area (Å²) in [5, 5.41) is 58.5. The van der Waals surface area contributed by atoms with E-state index in [2.05, 4.69) is 62.3 Å². The van der Waals surface area contributed by atoms with Gasteiger partial charge < -0.3 is 35.7 Å². The summed E-state index contributed by atoms with van der Waals surface area (Å²) in [4.78, 5) is 10.7. The Balaban J connectivity index is -0.000000116. The van der Waals surface area contributed by atoms with Crippen LogP contribution in [0.25, 0.3) is 0 Å². The minimum absolute atomic E-state index is 0.